The summed E-state index contributed by atoms with van der Waals surface area (Å²) in [5.41, 5.74) is 4.61. The summed E-state index contributed by atoms with van der Waals surface area (Å²) in [6.07, 6.45) is 2.53. The smallest absolute Gasteiger partial charge is 0.289 e. The van der Waals surface area contributed by atoms with E-state index >= 15 is 0 Å². The van der Waals surface area contributed by atoms with E-state index in [2.05, 4.69) is 15.1 Å². The Labute approximate surface area is 161 Å². The molecule has 5 rings (SSSR count). The van der Waals surface area contributed by atoms with Gasteiger partial charge in [-0.2, -0.15) is 4.98 Å². The van der Waals surface area contributed by atoms with Crippen molar-refractivity contribution in [3.05, 3.63) is 65.0 Å². The molecular weight excluding hydrogens is 356 g/mol. The van der Waals surface area contributed by atoms with Gasteiger partial charge in [0.05, 0.1) is 0 Å². The number of rotatable bonds is 2. The molecule has 0 aliphatic carbocycles. The van der Waals surface area contributed by atoms with E-state index in [1.54, 1.807) is 17.9 Å². The number of aryl methyl sites for hydroxylation is 2. The second-order valence-electron chi connectivity index (χ2n) is 6.98. The minimum atomic E-state index is -0.112. The molecule has 7 heteroatoms. The van der Waals surface area contributed by atoms with Gasteiger partial charge in [-0.3, -0.25) is 9.78 Å². The van der Waals surface area contributed by atoms with Crippen LogP contribution < -0.4 is 0 Å². The van der Waals surface area contributed by atoms with E-state index in [1.165, 1.54) is 0 Å². The number of hydrogen-bond donors (Lipinski definition) is 0. The Kier molecular flexibility index (Phi) is 3.75. The molecule has 4 aromatic rings. The van der Waals surface area contributed by atoms with Gasteiger partial charge in [0, 0.05) is 42.9 Å². The molecule has 3 aromatic heterocycles. The molecule has 0 atom stereocenters. The number of furan rings is 1. The van der Waals surface area contributed by atoms with Gasteiger partial charge in [-0.15, -0.1) is 0 Å². The molecule has 0 saturated carbocycles. The second-order valence-corrected chi connectivity index (χ2v) is 6.98. The number of carbonyl (C=O) groups is 1. The van der Waals surface area contributed by atoms with Gasteiger partial charge in [-0.1, -0.05) is 23.4 Å². The molecule has 28 heavy (non-hydrogen) atoms. The zero-order valence-electron chi connectivity index (χ0n) is 15.6. The summed E-state index contributed by atoms with van der Waals surface area (Å²) in [6.45, 7) is 4.77. The number of amides is 1. The fraction of sp³-hybridized carbons (Fsp3) is 0.238. The lowest BCUT2D eigenvalue weighted by Gasteiger charge is -2.29. The van der Waals surface area contributed by atoms with Crippen LogP contribution in [0.15, 0.2) is 45.5 Å². The van der Waals surface area contributed by atoms with Crippen LogP contribution in [0.5, 0.6) is 0 Å². The SMILES string of the molecule is Cc1nc(-c2c(C)ncc3c2CCN(C(=O)c2cc4ccccc4o2)C3)no1. The molecule has 1 aliphatic rings. The van der Waals surface area contributed by atoms with Crippen molar-refractivity contribution in [3.63, 3.8) is 0 Å². The first-order valence-electron chi connectivity index (χ1n) is 9.16. The Hall–Kier alpha value is -3.48. The molecule has 0 radical (unpaired) electrons. The van der Waals surface area contributed by atoms with Crippen LogP contribution in [0.2, 0.25) is 0 Å². The highest BCUT2D eigenvalue weighted by atomic mass is 16.5. The fourth-order valence-electron chi connectivity index (χ4n) is 3.76. The van der Waals surface area contributed by atoms with Crippen LogP contribution >= 0.6 is 0 Å². The second kappa shape index (κ2) is 6.30. The van der Waals surface area contributed by atoms with Crippen LogP contribution in [0.1, 0.15) is 33.3 Å². The number of aromatic nitrogens is 3. The van der Waals surface area contributed by atoms with Crippen molar-refractivity contribution in [1.29, 1.82) is 0 Å². The van der Waals surface area contributed by atoms with E-state index in [0.717, 1.165) is 33.4 Å². The maximum Gasteiger partial charge on any atom is 0.289 e. The lowest BCUT2D eigenvalue weighted by Crippen LogP contribution is -2.36. The summed E-state index contributed by atoms with van der Waals surface area (Å²) in [7, 11) is 0. The van der Waals surface area contributed by atoms with Gasteiger partial charge in [0.2, 0.25) is 11.7 Å². The molecule has 7 nitrogen and oxygen atoms in total. The molecule has 0 N–H and O–H groups in total. The number of nitrogens with zero attached hydrogens (tertiary/aromatic N) is 4. The van der Waals surface area contributed by atoms with Crippen molar-refractivity contribution in [3.8, 4) is 11.4 Å². The van der Waals surface area contributed by atoms with Gasteiger partial charge in [0.25, 0.3) is 5.91 Å². The topological polar surface area (TPSA) is 85.3 Å². The van der Waals surface area contributed by atoms with Crippen LogP contribution in [0.25, 0.3) is 22.4 Å². The number of para-hydroxylation sites is 1. The first-order chi connectivity index (χ1) is 13.6. The maximum absolute atomic E-state index is 13.0. The summed E-state index contributed by atoms with van der Waals surface area (Å²) in [5, 5.41) is 4.99. The number of benzene rings is 1. The van der Waals surface area contributed by atoms with Gasteiger partial charge >= 0.3 is 0 Å². The minimum Gasteiger partial charge on any atom is -0.451 e. The average Bonchev–Trinajstić information content (AvgIpc) is 3.33. The predicted molar refractivity (Wildman–Crippen MR) is 102 cm³/mol. The van der Waals surface area contributed by atoms with Crippen molar-refractivity contribution in [1.82, 2.24) is 20.0 Å². The zero-order chi connectivity index (χ0) is 19.3. The number of pyridine rings is 1. The van der Waals surface area contributed by atoms with Crippen molar-refractivity contribution >= 4 is 16.9 Å². The van der Waals surface area contributed by atoms with Crippen molar-refractivity contribution in [2.24, 2.45) is 0 Å². The summed E-state index contributed by atoms with van der Waals surface area (Å²) >= 11 is 0. The van der Waals surface area contributed by atoms with E-state index in [-0.39, 0.29) is 5.91 Å². The third kappa shape index (κ3) is 2.67. The van der Waals surface area contributed by atoms with E-state index in [1.807, 2.05) is 37.4 Å². The van der Waals surface area contributed by atoms with Crippen LogP contribution in [0.4, 0.5) is 0 Å². The molecule has 0 bridgehead atoms. The third-order valence-electron chi connectivity index (χ3n) is 5.13. The molecule has 1 aliphatic heterocycles. The summed E-state index contributed by atoms with van der Waals surface area (Å²) in [6, 6.07) is 9.43. The molecule has 4 heterocycles. The Balaban J connectivity index is 1.47. The molecule has 0 saturated heterocycles. The third-order valence-corrected chi connectivity index (χ3v) is 5.13. The normalized spacial score (nSPS) is 13.7. The highest BCUT2D eigenvalue weighted by Crippen LogP contribution is 2.31. The van der Waals surface area contributed by atoms with Crippen molar-refractivity contribution in [2.75, 3.05) is 6.54 Å². The largest absolute Gasteiger partial charge is 0.451 e. The summed E-state index contributed by atoms with van der Waals surface area (Å²) in [4.78, 5) is 23.6. The Morgan fingerprint density at radius 2 is 2.07 bits per heavy atom. The first kappa shape index (κ1) is 16.7. The van der Waals surface area contributed by atoms with Crippen LogP contribution in [-0.4, -0.2) is 32.5 Å². The summed E-state index contributed by atoms with van der Waals surface area (Å²) < 4.78 is 10.9. The molecule has 0 fully saturated rings. The predicted octanol–water partition coefficient (Wildman–Crippen LogP) is 3.69. The highest BCUT2D eigenvalue weighted by Gasteiger charge is 2.28. The van der Waals surface area contributed by atoms with Crippen molar-refractivity contribution < 1.29 is 13.7 Å². The van der Waals surface area contributed by atoms with E-state index in [4.69, 9.17) is 8.94 Å². The lowest BCUT2D eigenvalue weighted by atomic mass is 9.94. The maximum atomic E-state index is 13.0. The standard InChI is InChI=1S/C21H18N4O3/c1-12-19(20-23-13(2)28-24-20)16-7-8-25(11-15(16)10-22-12)21(26)18-9-14-5-3-4-6-17(14)27-18/h3-6,9-10H,7-8,11H2,1-2H3. The van der Waals surface area contributed by atoms with Gasteiger partial charge in [-0.05, 0) is 36.6 Å². The minimum absolute atomic E-state index is 0.112. The van der Waals surface area contributed by atoms with Crippen LogP contribution in [0, 0.1) is 13.8 Å². The Morgan fingerprint density at radius 1 is 1.21 bits per heavy atom. The molecule has 0 spiro atoms. The highest BCUT2D eigenvalue weighted by molar-refractivity contribution is 5.96. The quantitative estimate of drug-likeness (QED) is 0.532. The zero-order valence-corrected chi connectivity index (χ0v) is 15.6. The van der Waals surface area contributed by atoms with Gasteiger partial charge in [0.15, 0.2) is 5.76 Å². The Morgan fingerprint density at radius 3 is 2.86 bits per heavy atom. The fourth-order valence-corrected chi connectivity index (χ4v) is 3.76. The number of carbonyl (C=O) groups excluding carboxylic acids is 1. The summed E-state index contributed by atoms with van der Waals surface area (Å²) in [5.74, 6) is 1.32. The van der Waals surface area contributed by atoms with E-state index in [0.29, 0.717) is 37.0 Å². The Bertz CT molecular complexity index is 1170. The van der Waals surface area contributed by atoms with Crippen LogP contribution in [-0.2, 0) is 13.0 Å². The molecular formula is C21H18N4O3. The van der Waals surface area contributed by atoms with Gasteiger partial charge in [0.1, 0.15) is 5.58 Å². The first-order valence-corrected chi connectivity index (χ1v) is 9.16. The van der Waals surface area contributed by atoms with Crippen LogP contribution in [0.3, 0.4) is 0 Å². The molecule has 1 aromatic carbocycles. The molecule has 140 valence electrons. The van der Waals surface area contributed by atoms with E-state index in [9.17, 15) is 4.79 Å². The monoisotopic (exact) mass is 374 g/mol. The lowest BCUT2D eigenvalue weighted by molar-refractivity contribution is 0.0704. The van der Waals surface area contributed by atoms with Crippen molar-refractivity contribution in [2.45, 2.75) is 26.8 Å². The number of hydrogen-bond acceptors (Lipinski definition) is 6. The number of fused-ring (bicyclic) bond motifs is 2. The molecule has 0 unspecified atom stereocenters. The van der Waals surface area contributed by atoms with Gasteiger partial charge < -0.3 is 13.8 Å². The molecule has 1 amide bonds. The van der Waals surface area contributed by atoms with Gasteiger partial charge in [-0.25, -0.2) is 0 Å². The average molecular weight is 374 g/mol. The van der Waals surface area contributed by atoms with E-state index < -0.39 is 0 Å².